The fraction of sp³-hybridized carbons (Fsp3) is 0. The number of rotatable bonds is 4. The molecule has 3 aromatic carbocycles. The SMILES string of the molecule is O=C(Oc1ccc(-c2ccccc2-c2nn[nH]n2)cc1)c1cccc2[nH]cnc12. The van der Waals surface area contributed by atoms with E-state index in [0.717, 1.165) is 22.2 Å². The lowest BCUT2D eigenvalue weighted by Crippen LogP contribution is -2.09. The molecule has 0 aliphatic carbocycles. The molecule has 0 unspecified atom stereocenters. The van der Waals surface area contributed by atoms with E-state index in [2.05, 4.69) is 30.6 Å². The first-order valence-corrected chi connectivity index (χ1v) is 8.87. The number of nitrogens with one attached hydrogen (secondary N) is 2. The van der Waals surface area contributed by atoms with Crippen molar-refractivity contribution >= 4 is 17.0 Å². The van der Waals surface area contributed by atoms with Gasteiger partial charge in [-0.3, -0.25) is 0 Å². The lowest BCUT2D eigenvalue weighted by Gasteiger charge is -2.09. The van der Waals surface area contributed by atoms with Crippen LogP contribution in [-0.4, -0.2) is 36.6 Å². The Morgan fingerprint density at radius 3 is 2.52 bits per heavy atom. The summed E-state index contributed by atoms with van der Waals surface area (Å²) in [5, 5.41) is 14.2. The van der Waals surface area contributed by atoms with Crippen molar-refractivity contribution in [3.05, 3.63) is 78.6 Å². The summed E-state index contributed by atoms with van der Waals surface area (Å²) in [5.74, 6) is 0.508. The molecule has 8 nitrogen and oxygen atoms in total. The molecule has 2 aromatic heterocycles. The van der Waals surface area contributed by atoms with Gasteiger partial charge in [-0.1, -0.05) is 42.5 Å². The topological polar surface area (TPSA) is 109 Å². The van der Waals surface area contributed by atoms with Crippen LogP contribution >= 0.6 is 0 Å². The molecule has 0 bridgehead atoms. The van der Waals surface area contributed by atoms with Crippen molar-refractivity contribution in [1.82, 2.24) is 30.6 Å². The lowest BCUT2D eigenvalue weighted by molar-refractivity contribution is 0.0736. The second-order valence-electron chi connectivity index (χ2n) is 6.30. The maximum Gasteiger partial charge on any atom is 0.345 e. The maximum absolute atomic E-state index is 12.6. The Morgan fingerprint density at radius 2 is 1.72 bits per heavy atom. The van der Waals surface area contributed by atoms with Crippen LogP contribution in [0.15, 0.2) is 73.1 Å². The van der Waals surface area contributed by atoms with E-state index in [1.54, 1.807) is 30.6 Å². The number of hydrogen-bond acceptors (Lipinski definition) is 6. The average molecular weight is 382 g/mol. The number of H-pyrrole nitrogens is 2. The molecule has 5 aromatic rings. The summed E-state index contributed by atoms with van der Waals surface area (Å²) >= 11 is 0. The van der Waals surface area contributed by atoms with E-state index in [1.807, 2.05) is 42.5 Å². The van der Waals surface area contributed by atoms with Gasteiger partial charge in [-0.15, -0.1) is 10.2 Å². The molecule has 0 radical (unpaired) electrons. The van der Waals surface area contributed by atoms with Crippen LogP contribution < -0.4 is 4.74 Å². The molecule has 0 aliphatic rings. The number of carbonyl (C=O) groups is 1. The van der Waals surface area contributed by atoms with E-state index in [1.165, 1.54) is 0 Å². The van der Waals surface area contributed by atoms with Crippen LogP contribution in [0.4, 0.5) is 0 Å². The highest BCUT2D eigenvalue weighted by atomic mass is 16.5. The van der Waals surface area contributed by atoms with Crippen LogP contribution in [0.2, 0.25) is 0 Å². The first-order chi connectivity index (χ1) is 14.3. The fourth-order valence-electron chi connectivity index (χ4n) is 3.20. The first kappa shape index (κ1) is 16.8. The molecule has 0 spiro atoms. The minimum Gasteiger partial charge on any atom is -0.423 e. The largest absolute Gasteiger partial charge is 0.423 e. The lowest BCUT2D eigenvalue weighted by atomic mass is 9.99. The van der Waals surface area contributed by atoms with E-state index in [9.17, 15) is 4.79 Å². The highest BCUT2D eigenvalue weighted by Gasteiger charge is 2.15. The first-order valence-electron chi connectivity index (χ1n) is 8.87. The summed E-state index contributed by atoms with van der Waals surface area (Å²) in [6.45, 7) is 0. The predicted molar refractivity (Wildman–Crippen MR) is 106 cm³/mol. The molecule has 0 atom stereocenters. The Bertz CT molecular complexity index is 1290. The third kappa shape index (κ3) is 3.12. The standard InChI is InChI=1S/C21H14N6O2/c28-21(17-6-3-7-18-19(17)23-12-22-18)29-14-10-8-13(9-11-14)15-4-1-2-5-16(15)20-24-26-27-25-20/h1-12H,(H,22,23)(H,24,25,26,27). The monoisotopic (exact) mass is 382 g/mol. The van der Waals surface area contributed by atoms with Gasteiger partial charge < -0.3 is 9.72 Å². The smallest absolute Gasteiger partial charge is 0.345 e. The Morgan fingerprint density at radius 1 is 0.897 bits per heavy atom. The number of tetrazole rings is 1. The second kappa shape index (κ2) is 7.01. The number of benzene rings is 3. The van der Waals surface area contributed by atoms with E-state index >= 15 is 0 Å². The van der Waals surface area contributed by atoms with Crippen molar-refractivity contribution in [3.63, 3.8) is 0 Å². The fourth-order valence-corrected chi connectivity index (χ4v) is 3.20. The molecule has 5 rings (SSSR count). The van der Waals surface area contributed by atoms with Gasteiger partial charge in [0.15, 0.2) is 0 Å². The number of carbonyl (C=O) groups excluding carboxylic acids is 1. The number of para-hydroxylation sites is 1. The number of nitrogens with zero attached hydrogens (tertiary/aromatic N) is 4. The van der Waals surface area contributed by atoms with Crippen molar-refractivity contribution in [3.8, 4) is 28.3 Å². The number of esters is 1. The van der Waals surface area contributed by atoms with Crippen LogP contribution in [0.3, 0.4) is 0 Å². The Kier molecular flexibility index (Phi) is 4.06. The molecule has 8 heteroatoms. The molecule has 0 saturated carbocycles. The number of aromatic amines is 2. The normalized spacial score (nSPS) is 10.9. The van der Waals surface area contributed by atoms with Gasteiger partial charge in [-0.2, -0.15) is 5.21 Å². The predicted octanol–water partition coefficient (Wildman–Crippen LogP) is 3.63. The van der Waals surface area contributed by atoms with Gasteiger partial charge >= 0.3 is 5.97 Å². The zero-order chi connectivity index (χ0) is 19.6. The Hall–Kier alpha value is -4.33. The number of fused-ring (bicyclic) bond motifs is 1. The van der Waals surface area contributed by atoms with E-state index in [4.69, 9.17) is 4.74 Å². The second-order valence-corrected chi connectivity index (χ2v) is 6.30. The molecule has 140 valence electrons. The molecule has 0 amide bonds. The van der Waals surface area contributed by atoms with E-state index in [-0.39, 0.29) is 0 Å². The van der Waals surface area contributed by atoms with Gasteiger partial charge in [0, 0.05) is 5.56 Å². The summed E-state index contributed by atoms with van der Waals surface area (Å²) in [4.78, 5) is 19.8. The van der Waals surface area contributed by atoms with Crippen LogP contribution in [0.5, 0.6) is 5.75 Å². The van der Waals surface area contributed by atoms with Gasteiger partial charge in [0.25, 0.3) is 0 Å². The van der Waals surface area contributed by atoms with Crippen molar-refractivity contribution in [1.29, 1.82) is 0 Å². The van der Waals surface area contributed by atoms with Crippen LogP contribution in [0.25, 0.3) is 33.5 Å². The highest BCUT2D eigenvalue weighted by Crippen LogP contribution is 2.31. The zero-order valence-electron chi connectivity index (χ0n) is 15.0. The van der Waals surface area contributed by atoms with Crippen molar-refractivity contribution in [2.45, 2.75) is 0 Å². The number of imidazole rings is 1. The number of aromatic nitrogens is 6. The molecule has 2 heterocycles. The van der Waals surface area contributed by atoms with Crippen molar-refractivity contribution in [2.24, 2.45) is 0 Å². The van der Waals surface area contributed by atoms with Crippen LogP contribution in [0, 0.1) is 0 Å². The highest BCUT2D eigenvalue weighted by molar-refractivity contribution is 6.02. The summed E-state index contributed by atoms with van der Waals surface area (Å²) < 4.78 is 5.54. The van der Waals surface area contributed by atoms with Crippen molar-refractivity contribution < 1.29 is 9.53 Å². The molecular weight excluding hydrogens is 368 g/mol. The van der Waals surface area contributed by atoms with Gasteiger partial charge in [-0.25, -0.2) is 9.78 Å². The van der Waals surface area contributed by atoms with Gasteiger partial charge in [0.1, 0.15) is 11.3 Å². The van der Waals surface area contributed by atoms with Crippen LogP contribution in [0.1, 0.15) is 10.4 Å². The quantitative estimate of drug-likeness (QED) is 0.363. The molecule has 0 saturated heterocycles. The van der Waals surface area contributed by atoms with Gasteiger partial charge in [-0.05, 0) is 40.6 Å². The minimum absolute atomic E-state index is 0.412. The Labute approximate surface area is 164 Å². The van der Waals surface area contributed by atoms with Gasteiger partial charge in [0.05, 0.1) is 17.4 Å². The zero-order valence-corrected chi connectivity index (χ0v) is 15.0. The van der Waals surface area contributed by atoms with E-state index in [0.29, 0.717) is 22.7 Å². The third-order valence-electron chi connectivity index (χ3n) is 4.56. The summed E-state index contributed by atoms with van der Waals surface area (Å²) in [7, 11) is 0. The minimum atomic E-state index is -0.456. The van der Waals surface area contributed by atoms with Crippen molar-refractivity contribution in [2.75, 3.05) is 0 Å². The van der Waals surface area contributed by atoms with E-state index < -0.39 is 5.97 Å². The molecule has 2 N–H and O–H groups in total. The summed E-state index contributed by atoms with van der Waals surface area (Å²) in [6, 6.07) is 20.4. The number of ether oxygens (including phenoxy) is 1. The van der Waals surface area contributed by atoms with Gasteiger partial charge in [0.2, 0.25) is 5.82 Å². The van der Waals surface area contributed by atoms with Crippen LogP contribution in [-0.2, 0) is 0 Å². The average Bonchev–Trinajstić information content (AvgIpc) is 3.46. The number of hydrogen-bond donors (Lipinski definition) is 2. The molecule has 0 aliphatic heterocycles. The summed E-state index contributed by atoms with van der Waals surface area (Å²) in [5.41, 5.74) is 4.54. The molecule has 0 fully saturated rings. The summed E-state index contributed by atoms with van der Waals surface area (Å²) in [6.07, 6.45) is 1.55. The molecular formula is C21H14N6O2. The Balaban J connectivity index is 1.42. The molecule has 29 heavy (non-hydrogen) atoms. The maximum atomic E-state index is 12.6. The third-order valence-corrected chi connectivity index (χ3v) is 4.56.